The number of halogens is 6. The fraction of sp³-hybridized carbons (Fsp3) is 0.333. The lowest BCUT2D eigenvalue weighted by atomic mass is 9.70. The number of ether oxygens (including phenoxy) is 1. The summed E-state index contributed by atoms with van der Waals surface area (Å²) in [6, 6.07) is 5.65. The number of amides is 4. The number of fused-ring (bicyclic) bond motifs is 1. The first kappa shape index (κ1) is 28.0. The van der Waals surface area contributed by atoms with Gasteiger partial charge in [-0.05, 0) is 35.7 Å². The standard InChI is InChI=1S/C24H20BF6N3O5/c25-22(6-5-18(35)33-20(22)37)34-10-13-7-12(1-3-15(13)19(34)36)9-32-21(38)24(30,31)16-4-2-14(26)8-17(16)39-11-23(27,28)29/h1-4,7-8H,5-6,9-11,25H2,(H,32,38)(H,33,35,37)/t22-/m0/s1. The van der Waals surface area contributed by atoms with E-state index in [4.69, 9.17) is 0 Å². The van der Waals surface area contributed by atoms with Gasteiger partial charge in [-0.25, -0.2) is 4.39 Å². The van der Waals surface area contributed by atoms with Crippen molar-refractivity contribution in [3.05, 3.63) is 64.5 Å². The molecule has 8 nitrogen and oxygen atoms in total. The van der Waals surface area contributed by atoms with Crippen molar-refractivity contribution in [2.24, 2.45) is 0 Å². The van der Waals surface area contributed by atoms with E-state index in [1.165, 1.54) is 30.9 Å². The Morgan fingerprint density at radius 3 is 2.49 bits per heavy atom. The molecule has 0 radical (unpaired) electrons. The minimum absolute atomic E-state index is 0.000291. The van der Waals surface area contributed by atoms with Crippen molar-refractivity contribution in [1.29, 1.82) is 0 Å². The molecule has 4 rings (SSSR count). The van der Waals surface area contributed by atoms with Crippen molar-refractivity contribution in [2.45, 2.75) is 43.5 Å². The number of hydrogen-bond acceptors (Lipinski definition) is 5. The molecule has 2 aromatic rings. The molecule has 2 N–H and O–H groups in total. The van der Waals surface area contributed by atoms with E-state index in [0.29, 0.717) is 29.3 Å². The quantitative estimate of drug-likeness (QED) is 0.309. The number of carbonyl (C=O) groups is 4. The third-order valence-electron chi connectivity index (χ3n) is 6.56. The van der Waals surface area contributed by atoms with E-state index in [-0.39, 0.29) is 24.9 Å². The lowest BCUT2D eigenvalue weighted by molar-refractivity contribution is -0.155. The molecule has 206 valence electrons. The van der Waals surface area contributed by atoms with Crippen LogP contribution in [0.15, 0.2) is 36.4 Å². The van der Waals surface area contributed by atoms with Crippen molar-refractivity contribution in [2.75, 3.05) is 6.61 Å². The summed E-state index contributed by atoms with van der Waals surface area (Å²) in [5.74, 6) is -10.0. The van der Waals surface area contributed by atoms with Gasteiger partial charge in [0.1, 0.15) is 19.4 Å². The Morgan fingerprint density at radius 1 is 1.10 bits per heavy atom. The molecule has 15 heteroatoms. The van der Waals surface area contributed by atoms with Crippen LogP contribution in [-0.4, -0.2) is 54.6 Å². The van der Waals surface area contributed by atoms with Crippen LogP contribution in [0.1, 0.15) is 39.9 Å². The molecule has 4 amide bonds. The van der Waals surface area contributed by atoms with Crippen LogP contribution in [0.4, 0.5) is 26.3 Å². The van der Waals surface area contributed by atoms with Gasteiger partial charge in [0, 0.05) is 31.1 Å². The van der Waals surface area contributed by atoms with Crippen molar-refractivity contribution >= 4 is 31.5 Å². The highest BCUT2D eigenvalue weighted by Gasteiger charge is 2.48. The van der Waals surface area contributed by atoms with Crippen LogP contribution in [-0.2, 0) is 33.4 Å². The van der Waals surface area contributed by atoms with Gasteiger partial charge in [0.15, 0.2) is 6.61 Å². The number of hydrogen-bond donors (Lipinski definition) is 2. The SMILES string of the molecule is B[C@]1(N2Cc3cc(CNC(=O)C(F)(F)c4ccc(F)cc4OCC(F)(F)F)ccc3C2=O)CCC(=O)NC1=O. The minimum Gasteiger partial charge on any atom is -0.483 e. The van der Waals surface area contributed by atoms with E-state index in [1.807, 2.05) is 5.32 Å². The Bertz CT molecular complexity index is 1370. The van der Waals surface area contributed by atoms with Crippen molar-refractivity contribution in [1.82, 2.24) is 15.5 Å². The van der Waals surface area contributed by atoms with Crippen molar-refractivity contribution in [3.8, 4) is 5.75 Å². The first-order valence-corrected chi connectivity index (χ1v) is 11.6. The molecule has 1 atom stereocenters. The lowest BCUT2D eigenvalue weighted by Gasteiger charge is -2.39. The Hall–Kier alpha value is -4.04. The summed E-state index contributed by atoms with van der Waals surface area (Å²) in [4.78, 5) is 50.6. The molecule has 2 aliphatic heterocycles. The summed E-state index contributed by atoms with van der Waals surface area (Å²) >= 11 is 0. The molecule has 39 heavy (non-hydrogen) atoms. The second-order valence-corrected chi connectivity index (χ2v) is 9.34. The first-order chi connectivity index (χ1) is 18.1. The highest BCUT2D eigenvalue weighted by atomic mass is 19.4. The molecule has 0 aliphatic carbocycles. The molecule has 0 spiro atoms. The van der Waals surface area contributed by atoms with E-state index in [9.17, 15) is 45.5 Å². The van der Waals surface area contributed by atoms with Crippen LogP contribution in [0, 0.1) is 5.82 Å². The molecule has 0 bridgehead atoms. The zero-order valence-electron chi connectivity index (χ0n) is 20.3. The van der Waals surface area contributed by atoms with Crippen LogP contribution in [0.5, 0.6) is 5.75 Å². The van der Waals surface area contributed by atoms with Gasteiger partial charge in [-0.3, -0.25) is 24.5 Å². The Kier molecular flexibility index (Phi) is 7.13. The maximum absolute atomic E-state index is 14.9. The maximum Gasteiger partial charge on any atom is 0.422 e. The zero-order chi connectivity index (χ0) is 28.8. The molecule has 2 aromatic carbocycles. The highest BCUT2D eigenvalue weighted by molar-refractivity contribution is 6.32. The van der Waals surface area contributed by atoms with E-state index < -0.39 is 71.4 Å². The molecule has 0 unspecified atom stereocenters. The largest absolute Gasteiger partial charge is 0.483 e. The van der Waals surface area contributed by atoms with E-state index >= 15 is 0 Å². The van der Waals surface area contributed by atoms with Gasteiger partial charge < -0.3 is 15.0 Å². The zero-order valence-corrected chi connectivity index (χ0v) is 20.3. The molecule has 0 saturated carbocycles. The van der Waals surface area contributed by atoms with Gasteiger partial charge in [-0.2, -0.15) is 22.0 Å². The summed E-state index contributed by atoms with van der Waals surface area (Å²) < 4.78 is 85.1. The molecule has 2 aliphatic rings. The Balaban J connectivity index is 1.47. The van der Waals surface area contributed by atoms with E-state index in [2.05, 4.69) is 10.1 Å². The fourth-order valence-corrected chi connectivity index (χ4v) is 4.38. The number of rotatable bonds is 7. The minimum atomic E-state index is -4.89. The van der Waals surface area contributed by atoms with Crippen LogP contribution in [0.25, 0.3) is 0 Å². The van der Waals surface area contributed by atoms with Gasteiger partial charge >= 0.3 is 12.1 Å². The normalized spacial score (nSPS) is 19.5. The summed E-state index contributed by atoms with van der Waals surface area (Å²) in [5.41, 5.74) is -1.49. The number of alkyl halides is 5. The van der Waals surface area contributed by atoms with Gasteiger partial charge in [0.25, 0.3) is 11.8 Å². The second kappa shape index (κ2) is 9.93. The van der Waals surface area contributed by atoms with E-state index in [1.54, 1.807) is 0 Å². The molecule has 0 aromatic heterocycles. The predicted octanol–water partition coefficient (Wildman–Crippen LogP) is 1.90. The average molecular weight is 555 g/mol. The van der Waals surface area contributed by atoms with E-state index in [0.717, 1.165) is 0 Å². The number of nitrogens with one attached hydrogen (secondary N) is 2. The smallest absolute Gasteiger partial charge is 0.422 e. The van der Waals surface area contributed by atoms with Crippen LogP contribution in [0.2, 0.25) is 0 Å². The van der Waals surface area contributed by atoms with Crippen molar-refractivity contribution < 1.29 is 50.3 Å². The van der Waals surface area contributed by atoms with Gasteiger partial charge in [0.2, 0.25) is 11.8 Å². The molecule has 1 fully saturated rings. The summed E-state index contributed by atoms with van der Waals surface area (Å²) in [5, 5.41) is 4.20. The van der Waals surface area contributed by atoms with Gasteiger partial charge in [-0.1, -0.05) is 12.1 Å². The highest BCUT2D eigenvalue weighted by Crippen LogP contribution is 2.37. The monoisotopic (exact) mass is 555 g/mol. The van der Waals surface area contributed by atoms with Gasteiger partial charge in [0.05, 0.1) is 11.0 Å². The third kappa shape index (κ3) is 5.57. The topological polar surface area (TPSA) is 105 Å². The molecular formula is C24H20BF6N3O5. The second-order valence-electron chi connectivity index (χ2n) is 9.34. The average Bonchev–Trinajstić information content (AvgIpc) is 3.19. The third-order valence-corrected chi connectivity index (χ3v) is 6.56. The number of carbonyl (C=O) groups excluding carboxylic acids is 4. The first-order valence-electron chi connectivity index (χ1n) is 11.6. The maximum atomic E-state index is 14.9. The van der Waals surface area contributed by atoms with Gasteiger partial charge in [-0.15, -0.1) is 0 Å². The van der Waals surface area contributed by atoms with Crippen LogP contribution < -0.4 is 15.4 Å². The molecule has 1 saturated heterocycles. The van der Waals surface area contributed by atoms with Crippen LogP contribution in [0.3, 0.4) is 0 Å². The Labute approximate surface area is 218 Å². The summed E-state index contributed by atoms with van der Waals surface area (Å²) in [7, 11) is 1.53. The Morgan fingerprint density at radius 2 is 1.82 bits per heavy atom. The summed E-state index contributed by atoms with van der Waals surface area (Å²) in [6.45, 7) is -2.41. The lowest BCUT2D eigenvalue weighted by Crippen LogP contribution is -2.63. The number of nitrogens with zero attached hydrogens (tertiary/aromatic N) is 1. The number of piperidine rings is 1. The number of benzene rings is 2. The predicted molar refractivity (Wildman–Crippen MR) is 124 cm³/mol. The van der Waals surface area contributed by atoms with Crippen molar-refractivity contribution in [3.63, 3.8) is 0 Å². The van der Waals surface area contributed by atoms with Crippen LogP contribution >= 0.6 is 0 Å². The fourth-order valence-electron chi connectivity index (χ4n) is 4.38. The number of imide groups is 1. The summed E-state index contributed by atoms with van der Waals surface area (Å²) in [6.07, 6.45) is -4.72. The molecule has 2 heterocycles. The molecular weight excluding hydrogens is 535 g/mol.